The molecule has 1 aromatic heterocycles. The lowest BCUT2D eigenvalue weighted by atomic mass is 9.47. The van der Waals surface area contributed by atoms with Gasteiger partial charge in [0.05, 0.1) is 6.42 Å². The summed E-state index contributed by atoms with van der Waals surface area (Å²) < 4.78 is 5.92. The van der Waals surface area contributed by atoms with E-state index >= 15 is 0 Å². The van der Waals surface area contributed by atoms with Crippen LogP contribution in [0, 0.1) is 28.6 Å². The van der Waals surface area contributed by atoms with Crippen molar-refractivity contribution in [2.24, 2.45) is 28.6 Å². The minimum atomic E-state index is -0.251. The Bertz CT molecular complexity index is 1240. The van der Waals surface area contributed by atoms with Crippen molar-refractivity contribution in [3.05, 3.63) is 77.6 Å². The molecular formula is C35H44N2O3. The Kier molecular flexibility index (Phi) is 7.58. The molecule has 0 aliphatic heterocycles. The van der Waals surface area contributed by atoms with Crippen LogP contribution in [-0.4, -0.2) is 23.0 Å². The van der Waals surface area contributed by atoms with Crippen molar-refractivity contribution in [1.82, 2.24) is 10.3 Å². The first-order valence-corrected chi connectivity index (χ1v) is 15.5. The molecule has 6 rings (SSSR count). The monoisotopic (exact) mass is 540 g/mol. The van der Waals surface area contributed by atoms with Crippen molar-refractivity contribution < 1.29 is 14.3 Å². The minimum absolute atomic E-state index is 0.0638. The summed E-state index contributed by atoms with van der Waals surface area (Å²) in [5, 5.41) is 2.90. The molecule has 1 heterocycles. The smallest absolute Gasteiger partial charge is 0.306 e. The van der Waals surface area contributed by atoms with Gasteiger partial charge in [0.2, 0.25) is 5.91 Å². The number of hydrogen-bond acceptors (Lipinski definition) is 4. The highest BCUT2D eigenvalue weighted by Gasteiger charge is 2.58. The van der Waals surface area contributed by atoms with E-state index in [0.29, 0.717) is 17.9 Å². The van der Waals surface area contributed by atoms with Gasteiger partial charge in [-0.05, 0) is 96.6 Å². The van der Waals surface area contributed by atoms with Crippen molar-refractivity contribution in [3.63, 3.8) is 0 Å². The fraction of sp³-hybridized carbons (Fsp3) is 0.571. The molecule has 5 nitrogen and oxygen atoms in total. The molecule has 2 aromatic rings. The molecule has 212 valence electrons. The van der Waals surface area contributed by atoms with Gasteiger partial charge in [-0.25, -0.2) is 0 Å². The Morgan fingerprint density at radius 2 is 1.82 bits per heavy atom. The van der Waals surface area contributed by atoms with Gasteiger partial charge < -0.3 is 10.1 Å². The molecule has 1 N–H and O–H groups in total. The summed E-state index contributed by atoms with van der Waals surface area (Å²) in [5.41, 5.74) is 4.59. The van der Waals surface area contributed by atoms with E-state index in [-0.39, 0.29) is 36.2 Å². The molecule has 40 heavy (non-hydrogen) atoms. The highest BCUT2D eigenvalue weighted by Crippen LogP contribution is 2.68. The van der Waals surface area contributed by atoms with Crippen LogP contribution < -0.4 is 5.32 Å². The van der Waals surface area contributed by atoms with E-state index in [9.17, 15) is 9.59 Å². The van der Waals surface area contributed by atoms with Gasteiger partial charge in [0, 0.05) is 31.8 Å². The number of pyridine rings is 1. The molecule has 0 saturated heterocycles. The van der Waals surface area contributed by atoms with E-state index in [1.165, 1.54) is 36.8 Å². The number of amides is 1. The second-order valence-corrected chi connectivity index (χ2v) is 13.3. The summed E-state index contributed by atoms with van der Waals surface area (Å²) in [7, 11) is 0. The highest BCUT2D eigenvalue weighted by molar-refractivity contribution is 5.81. The molecule has 5 heteroatoms. The van der Waals surface area contributed by atoms with Crippen molar-refractivity contribution in [2.45, 2.75) is 96.6 Å². The minimum Gasteiger partial charge on any atom is -0.462 e. The number of hydrogen-bond donors (Lipinski definition) is 1. The number of allylic oxidation sites excluding steroid dienone is 1. The van der Waals surface area contributed by atoms with Crippen LogP contribution in [0.25, 0.3) is 0 Å². The van der Waals surface area contributed by atoms with Crippen LogP contribution in [0.2, 0.25) is 0 Å². The van der Waals surface area contributed by atoms with Crippen LogP contribution in [0.3, 0.4) is 0 Å². The molecule has 3 saturated carbocycles. The molecule has 3 fully saturated rings. The standard InChI is InChI=1S/C35H44N2O3/c1-34-18-16-27(40-33(39)15-14-32(38)37-22-24-7-4-3-5-8-24)21-26(34)10-11-28-30-13-12-29(25-9-6-20-36-23-25)35(30,2)19-17-31(28)34/h3-10,20,23,27-31H,11-19,21-22H2,1-2H3,(H,37,38)/t27-,28-,29?,30+,31-,34-,35+/m0/s1. The van der Waals surface area contributed by atoms with Crippen molar-refractivity contribution >= 4 is 11.9 Å². The van der Waals surface area contributed by atoms with E-state index in [4.69, 9.17) is 4.74 Å². The van der Waals surface area contributed by atoms with Crippen molar-refractivity contribution in [3.8, 4) is 0 Å². The Labute approximate surface area is 239 Å². The van der Waals surface area contributed by atoms with E-state index in [2.05, 4.69) is 48.6 Å². The van der Waals surface area contributed by atoms with E-state index in [1.54, 1.807) is 0 Å². The second kappa shape index (κ2) is 11.1. The number of carbonyl (C=O) groups excluding carboxylic acids is 2. The number of nitrogens with zero attached hydrogens (tertiary/aromatic N) is 1. The van der Waals surface area contributed by atoms with Gasteiger partial charge in [0.15, 0.2) is 0 Å². The third-order valence-electron chi connectivity index (χ3n) is 11.3. The Balaban J connectivity index is 1.03. The first-order chi connectivity index (χ1) is 19.4. The van der Waals surface area contributed by atoms with Crippen molar-refractivity contribution in [1.29, 1.82) is 0 Å². The maximum Gasteiger partial charge on any atom is 0.306 e. The van der Waals surface area contributed by atoms with Crippen LogP contribution in [0.15, 0.2) is 66.5 Å². The number of fused-ring (bicyclic) bond motifs is 5. The molecule has 4 aliphatic rings. The molecule has 0 spiro atoms. The van der Waals surface area contributed by atoms with Crippen LogP contribution in [0.1, 0.15) is 95.1 Å². The maximum absolute atomic E-state index is 12.6. The van der Waals surface area contributed by atoms with Gasteiger partial charge in [0.1, 0.15) is 6.10 Å². The van der Waals surface area contributed by atoms with E-state index in [0.717, 1.165) is 49.0 Å². The zero-order valence-electron chi connectivity index (χ0n) is 24.1. The van der Waals surface area contributed by atoms with E-state index < -0.39 is 0 Å². The van der Waals surface area contributed by atoms with Gasteiger partial charge in [-0.1, -0.05) is 61.9 Å². The number of nitrogens with one attached hydrogen (secondary N) is 1. The van der Waals surface area contributed by atoms with Crippen LogP contribution in [0.5, 0.6) is 0 Å². The number of benzene rings is 1. The predicted molar refractivity (Wildman–Crippen MR) is 156 cm³/mol. The first kappa shape index (κ1) is 27.2. The normalized spacial score (nSPS) is 34.5. The van der Waals surface area contributed by atoms with Gasteiger partial charge in [0.25, 0.3) is 0 Å². The average molecular weight is 541 g/mol. The summed E-state index contributed by atoms with van der Waals surface area (Å²) in [6.45, 7) is 5.55. The van der Waals surface area contributed by atoms with Crippen molar-refractivity contribution in [2.75, 3.05) is 0 Å². The number of aromatic nitrogens is 1. The summed E-state index contributed by atoms with van der Waals surface area (Å²) in [5.74, 6) is 2.51. The quantitative estimate of drug-likeness (QED) is 0.299. The SMILES string of the molecule is C[C@]12CC[C@H](OC(=O)CCC(=O)NCc3ccccc3)CC1=CC[C@H]1[C@H]3CCC(c4cccnc4)[C@@]3(C)CC[C@@H]12. The molecule has 1 unspecified atom stereocenters. The first-order valence-electron chi connectivity index (χ1n) is 15.5. The number of esters is 1. The number of ether oxygens (including phenoxy) is 1. The summed E-state index contributed by atoms with van der Waals surface area (Å²) >= 11 is 0. The third-order valence-corrected chi connectivity index (χ3v) is 11.3. The lowest BCUT2D eigenvalue weighted by Crippen LogP contribution is -2.50. The molecule has 1 amide bonds. The van der Waals surface area contributed by atoms with E-state index in [1.807, 2.05) is 36.5 Å². The predicted octanol–water partition coefficient (Wildman–Crippen LogP) is 7.14. The maximum atomic E-state index is 12.6. The fourth-order valence-corrected chi connectivity index (χ4v) is 9.20. The molecular weight excluding hydrogens is 496 g/mol. The van der Waals surface area contributed by atoms with Gasteiger partial charge >= 0.3 is 5.97 Å². The molecule has 0 radical (unpaired) electrons. The average Bonchev–Trinajstić information content (AvgIpc) is 3.33. The largest absolute Gasteiger partial charge is 0.462 e. The van der Waals surface area contributed by atoms with Gasteiger partial charge in [-0.2, -0.15) is 0 Å². The second-order valence-electron chi connectivity index (χ2n) is 13.3. The summed E-state index contributed by atoms with van der Waals surface area (Å²) in [6.07, 6.45) is 16.0. The topological polar surface area (TPSA) is 68.3 Å². The molecule has 1 aromatic carbocycles. The molecule has 7 atom stereocenters. The Morgan fingerprint density at radius 1 is 0.975 bits per heavy atom. The summed E-state index contributed by atoms with van der Waals surface area (Å²) in [6, 6.07) is 14.2. The lowest BCUT2D eigenvalue weighted by Gasteiger charge is -2.58. The van der Waals surface area contributed by atoms with Gasteiger partial charge in [-0.3, -0.25) is 14.6 Å². The van der Waals surface area contributed by atoms with Crippen LogP contribution >= 0.6 is 0 Å². The molecule has 0 bridgehead atoms. The number of carbonyl (C=O) groups is 2. The number of rotatable bonds is 7. The fourth-order valence-electron chi connectivity index (χ4n) is 9.20. The lowest BCUT2D eigenvalue weighted by molar-refractivity contribution is -0.152. The summed E-state index contributed by atoms with van der Waals surface area (Å²) in [4.78, 5) is 29.3. The highest BCUT2D eigenvalue weighted by atomic mass is 16.5. The zero-order valence-corrected chi connectivity index (χ0v) is 24.1. The Morgan fingerprint density at radius 3 is 2.62 bits per heavy atom. The van der Waals surface area contributed by atoms with Crippen LogP contribution in [0.4, 0.5) is 0 Å². The van der Waals surface area contributed by atoms with Crippen LogP contribution in [-0.2, 0) is 20.9 Å². The third kappa shape index (κ3) is 5.12. The molecule has 4 aliphatic carbocycles. The zero-order chi connectivity index (χ0) is 27.7. The van der Waals surface area contributed by atoms with Gasteiger partial charge in [-0.15, -0.1) is 0 Å². The Hall–Kier alpha value is -2.95.